The average molecular weight is 407 g/mol. The molecule has 0 saturated heterocycles. The van der Waals surface area contributed by atoms with E-state index in [1.807, 2.05) is 0 Å². The maximum Gasteiger partial charge on any atom is 0.258 e. The number of hydrogen-bond donors (Lipinski definition) is 1. The van der Waals surface area contributed by atoms with E-state index < -0.39 is 5.82 Å². The third-order valence-electron chi connectivity index (χ3n) is 4.49. The third kappa shape index (κ3) is 6.35. The minimum absolute atomic E-state index is 0.0494. The number of aromatic nitrogens is 2. The molecule has 7 nitrogen and oxygen atoms in total. The highest BCUT2D eigenvalue weighted by molar-refractivity contribution is 5.72. The van der Waals surface area contributed by atoms with Gasteiger partial charge in [-0.15, -0.1) is 0 Å². The Balaban J connectivity index is 1.40. The Morgan fingerprint density at radius 3 is 2.52 bits per heavy atom. The molecule has 1 aromatic heterocycles. The number of rotatable bonds is 10. The van der Waals surface area contributed by atoms with Gasteiger partial charge in [-0.3, -0.25) is 4.79 Å². The Bertz CT molecular complexity index is 814. The van der Waals surface area contributed by atoms with Crippen molar-refractivity contribution in [3.63, 3.8) is 0 Å². The lowest BCUT2D eigenvalue weighted by molar-refractivity contribution is -0.119. The summed E-state index contributed by atoms with van der Waals surface area (Å²) >= 11 is 0. The van der Waals surface area contributed by atoms with Gasteiger partial charge in [-0.25, -0.2) is 4.39 Å². The first-order valence-electron chi connectivity index (χ1n) is 9.38. The van der Waals surface area contributed by atoms with Gasteiger partial charge in [0.25, 0.3) is 11.8 Å². The Labute approximate surface area is 167 Å². The SMILES string of the molecule is CC(=O)NCCOC1CC(COc2ncnc(OCc3ccc(F)cc3)c2F)C1. The lowest BCUT2D eigenvalue weighted by Gasteiger charge is -2.34. The summed E-state index contributed by atoms with van der Waals surface area (Å²) in [6, 6.07) is 5.71. The zero-order valence-corrected chi connectivity index (χ0v) is 16.1. The predicted molar refractivity (Wildman–Crippen MR) is 99.4 cm³/mol. The molecule has 1 aliphatic rings. The zero-order chi connectivity index (χ0) is 20.6. The van der Waals surface area contributed by atoms with Crippen LogP contribution in [-0.4, -0.2) is 41.7 Å². The van der Waals surface area contributed by atoms with Crippen molar-refractivity contribution in [3.05, 3.63) is 47.8 Å². The molecule has 0 bridgehead atoms. The molecule has 1 N–H and O–H groups in total. The molecule has 29 heavy (non-hydrogen) atoms. The number of nitrogens with zero attached hydrogens (tertiary/aromatic N) is 2. The molecule has 1 amide bonds. The highest BCUT2D eigenvalue weighted by Crippen LogP contribution is 2.31. The van der Waals surface area contributed by atoms with Crippen molar-refractivity contribution < 1.29 is 27.8 Å². The van der Waals surface area contributed by atoms with E-state index in [1.165, 1.54) is 25.4 Å². The maximum atomic E-state index is 14.5. The summed E-state index contributed by atoms with van der Waals surface area (Å²) < 4.78 is 43.9. The molecule has 0 unspecified atom stereocenters. The minimum Gasteiger partial charge on any atom is -0.475 e. The van der Waals surface area contributed by atoms with Crippen LogP contribution in [0.1, 0.15) is 25.3 Å². The van der Waals surface area contributed by atoms with Crippen LogP contribution >= 0.6 is 0 Å². The topological polar surface area (TPSA) is 82.6 Å². The van der Waals surface area contributed by atoms with Gasteiger partial charge in [-0.05, 0) is 36.5 Å². The summed E-state index contributed by atoms with van der Waals surface area (Å²) in [5.41, 5.74) is 0.686. The molecule has 3 rings (SSSR count). The van der Waals surface area contributed by atoms with Crippen LogP contribution in [0.15, 0.2) is 30.6 Å². The first-order chi connectivity index (χ1) is 14.0. The van der Waals surface area contributed by atoms with Gasteiger partial charge in [0.15, 0.2) is 0 Å². The lowest BCUT2D eigenvalue weighted by Crippen LogP contribution is -2.37. The van der Waals surface area contributed by atoms with Crippen molar-refractivity contribution in [2.45, 2.75) is 32.5 Å². The lowest BCUT2D eigenvalue weighted by atomic mass is 9.83. The van der Waals surface area contributed by atoms with Crippen LogP contribution in [0.5, 0.6) is 11.8 Å². The predicted octanol–water partition coefficient (Wildman–Crippen LogP) is 2.64. The third-order valence-corrected chi connectivity index (χ3v) is 4.49. The van der Waals surface area contributed by atoms with Gasteiger partial charge in [-0.1, -0.05) is 12.1 Å². The van der Waals surface area contributed by atoms with E-state index >= 15 is 0 Å². The van der Waals surface area contributed by atoms with Crippen molar-refractivity contribution >= 4 is 5.91 Å². The van der Waals surface area contributed by atoms with Crippen molar-refractivity contribution in [3.8, 4) is 11.8 Å². The van der Waals surface area contributed by atoms with Crippen LogP contribution in [0.25, 0.3) is 0 Å². The number of benzene rings is 1. The average Bonchev–Trinajstić information content (AvgIpc) is 2.67. The second kappa shape index (κ2) is 10.1. The molecular weight excluding hydrogens is 384 g/mol. The van der Waals surface area contributed by atoms with E-state index in [0.29, 0.717) is 25.3 Å². The largest absolute Gasteiger partial charge is 0.475 e. The second-order valence-corrected chi connectivity index (χ2v) is 6.84. The summed E-state index contributed by atoms with van der Waals surface area (Å²) in [4.78, 5) is 18.4. The molecule has 9 heteroatoms. The number of nitrogens with one attached hydrogen (secondary N) is 1. The van der Waals surface area contributed by atoms with E-state index in [-0.39, 0.29) is 42.1 Å². The minimum atomic E-state index is -0.767. The number of amides is 1. The number of carbonyl (C=O) groups is 1. The van der Waals surface area contributed by atoms with E-state index in [2.05, 4.69) is 15.3 Å². The van der Waals surface area contributed by atoms with Crippen LogP contribution < -0.4 is 14.8 Å². The van der Waals surface area contributed by atoms with Crippen molar-refractivity contribution in [1.82, 2.24) is 15.3 Å². The molecule has 0 aliphatic heterocycles. The Morgan fingerprint density at radius 2 is 1.83 bits per heavy atom. The highest BCUT2D eigenvalue weighted by atomic mass is 19.1. The molecule has 0 spiro atoms. The van der Waals surface area contributed by atoms with Crippen LogP contribution in [0.4, 0.5) is 8.78 Å². The van der Waals surface area contributed by atoms with Gasteiger partial charge in [0.2, 0.25) is 11.7 Å². The summed E-state index contributed by atoms with van der Waals surface area (Å²) in [5.74, 6) is -1.33. The quantitative estimate of drug-likeness (QED) is 0.610. The van der Waals surface area contributed by atoms with E-state index in [0.717, 1.165) is 12.8 Å². The van der Waals surface area contributed by atoms with Crippen molar-refractivity contribution in [2.24, 2.45) is 5.92 Å². The fraction of sp³-hybridized carbons (Fsp3) is 0.450. The molecule has 1 aromatic carbocycles. The van der Waals surface area contributed by atoms with Crippen LogP contribution in [0, 0.1) is 17.6 Å². The molecular formula is C20H23F2N3O4. The molecule has 1 saturated carbocycles. The van der Waals surface area contributed by atoms with E-state index in [1.54, 1.807) is 12.1 Å². The van der Waals surface area contributed by atoms with Gasteiger partial charge in [0.1, 0.15) is 18.8 Å². The fourth-order valence-corrected chi connectivity index (χ4v) is 2.87. The summed E-state index contributed by atoms with van der Waals surface area (Å²) in [7, 11) is 0. The van der Waals surface area contributed by atoms with E-state index in [9.17, 15) is 13.6 Å². The molecule has 0 radical (unpaired) electrons. The molecule has 1 heterocycles. The molecule has 1 aliphatic carbocycles. The van der Waals surface area contributed by atoms with Gasteiger partial charge in [0.05, 0.1) is 19.3 Å². The fourth-order valence-electron chi connectivity index (χ4n) is 2.87. The Morgan fingerprint density at radius 1 is 1.14 bits per heavy atom. The number of carbonyl (C=O) groups excluding carboxylic acids is 1. The monoisotopic (exact) mass is 407 g/mol. The highest BCUT2D eigenvalue weighted by Gasteiger charge is 2.30. The van der Waals surface area contributed by atoms with Gasteiger partial charge in [0, 0.05) is 13.5 Å². The van der Waals surface area contributed by atoms with Gasteiger partial charge < -0.3 is 19.5 Å². The van der Waals surface area contributed by atoms with Crippen molar-refractivity contribution in [2.75, 3.05) is 19.8 Å². The first kappa shape index (κ1) is 20.9. The molecule has 156 valence electrons. The van der Waals surface area contributed by atoms with Crippen LogP contribution in [0.3, 0.4) is 0 Å². The molecule has 0 atom stereocenters. The van der Waals surface area contributed by atoms with Crippen molar-refractivity contribution in [1.29, 1.82) is 0 Å². The van der Waals surface area contributed by atoms with Gasteiger partial charge in [-0.2, -0.15) is 14.4 Å². The van der Waals surface area contributed by atoms with Crippen LogP contribution in [0.2, 0.25) is 0 Å². The Kier molecular flexibility index (Phi) is 7.29. The second-order valence-electron chi connectivity index (χ2n) is 6.84. The Hall–Kier alpha value is -2.81. The van der Waals surface area contributed by atoms with Gasteiger partial charge >= 0.3 is 0 Å². The number of ether oxygens (including phenoxy) is 3. The van der Waals surface area contributed by atoms with E-state index in [4.69, 9.17) is 14.2 Å². The number of hydrogen-bond acceptors (Lipinski definition) is 6. The summed E-state index contributed by atoms with van der Waals surface area (Å²) in [5, 5.41) is 2.67. The smallest absolute Gasteiger partial charge is 0.258 e. The summed E-state index contributed by atoms with van der Waals surface area (Å²) in [6.07, 6.45) is 2.91. The maximum absolute atomic E-state index is 14.5. The molecule has 1 fully saturated rings. The summed E-state index contributed by atoms with van der Waals surface area (Å²) in [6.45, 7) is 2.78. The van der Waals surface area contributed by atoms with Crippen LogP contribution in [-0.2, 0) is 16.1 Å². The normalized spacial score (nSPS) is 18.0. The zero-order valence-electron chi connectivity index (χ0n) is 16.1. The standard InChI is InChI=1S/C20H23F2N3O4/c1-13(26)23-6-7-27-17-8-15(9-17)11-29-20-18(22)19(24-12-25-20)28-10-14-2-4-16(21)5-3-14/h2-5,12,15,17H,6-11H2,1H3,(H,23,26). The first-order valence-corrected chi connectivity index (χ1v) is 9.38. The molecule has 2 aromatic rings. The number of halogens is 2.